The first kappa shape index (κ1) is 15.8. The van der Waals surface area contributed by atoms with Gasteiger partial charge in [-0.2, -0.15) is 0 Å². The predicted octanol–water partition coefficient (Wildman–Crippen LogP) is 5.23. The molecule has 2 aromatic rings. The third-order valence-electron chi connectivity index (χ3n) is 3.69. The van der Waals surface area contributed by atoms with Crippen LogP contribution < -0.4 is 4.74 Å². The fraction of sp³-hybridized carbons (Fsp3) is 0.294. The zero-order chi connectivity index (χ0) is 15.6. The minimum absolute atomic E-state index is 0.133. The first-order valence-electron chi connectivity index (χ1n) is 6.60. The molecule has 0 saturated heterocycles. The Labute approximate surface area is 128 Å². The molecule has 2 rings (SSSR count). The molecule has 21 heavy (non-hydrogen) atoms. The van der Waals surface area contributed by atoms with E-state index in [0.717, 1.165) is 17.7 Å². The van der Waals surface area contributed by atoms with E-state index in [9.17, 15) is 8.78 Å². The molecule has 0 bridgehead atoms. The summed E-state index contributed by atoms with van der Waals surface area (Å²) in [5.41, 5.74) is 0.157. The summed E-state index contributed by atoms with van der Waals surface area (Å²) in [5.74, 6) is -1.26. The minimum Gasteiger partial charge on any atom is -0.497 e. The van der Waals surface area contributed by atoms with Gasteiger partial charge in [-0.05, 0) is 5.56 Å². The van der Waals surface area contributed by atoms with Crippen molar-refractivity contribution in [3.63, 3.8) is 0 Å². The average Bonchev–Trinajstić information content (AvgIpc) is 2.47. The summed E-state index contributed by atoms with van der Waals surface area (Å²) in [7, 11) is 1.36. The van der Waals surface area contributed by atoms with E-state index >= 15 is 0 Å². The van der Waals surface area contributed by atoms with Crippen LogP contribution in [0.15, 0.2) is 42.5 Å². The predicted molar refractivity (Wildman–Crippen MR) is 81.0 cm³/mol. The number of ether oxygens (including phenoxy) is 1. The Hall–Kier alpha value is -1.61. The average molecular weight is 311 g/mol. The van der Waals surface area contributed by atoms with E-state index in [0.29, 0.717) is 0 Å². The van der Waals surface area contributed by atoms with E-state index in [2.05, 4.69) is 0 Å². The van der Waals surface area contributed by atoms with Crippen molar-refractivity contribution in [2.24, 2.45) is 0 Å². The molecule has 4 heteroatoms. The Morgan fingerprint density at radius 1 is 1.05 bits per heavy atom. The third-order valence-corrected chi connectivity index (χ3v) is 4.46. The molecular formula is C17H17ClF2O. The van der Waals surface area contributed by atoms with E-state index < -0.39 is 22.4 Å². The molecule has 1 unspecified atom stereocenters. The number of methoxy groups -OCH3 is 1. The number of benzene rings is 2. The van der Waals surface area contributed by atoms with E-state index in [1.807, 2.05) is 44.2 Å². The summed E-state index contributed by atoms with van der Waals surface area (Å²) >= 11 is 6.42. The van der Waals surface area contributed by atoms with Crippen molar-refractivity contribution in [2.45, 2.75) is 24.6 Å². The van der Waals surface area contributed by atoms with Crippen LogP contribution in [0.1, 0.15) is 30.4 Å². The number of halogens is 3. The number of alkyl halides is 1. The molecule has 0 heterocycles. The SMILES string of the molecule is COc1cc(F)c(C(Cl)C(C)(C)c2ccccc2)c(F)c1. The van der Waals surface area contributed by atoms with Gasteiger partial charge in [0.25, 0.3) is 0 Å². The standard InChI is InChI=1S/C17H17ClF2O/c1-17(2,11-7-5-4-6-8-11)16(18)15-13(19)9-12(21-3)10-14(15)20/h4-10,16H,1-3H3. The van der Waals surface area contributed by atoms with Gasteiger partial charge in [0.15, 0.2) is 0 Å². The highest BCUT2D eigenvalue weighted by Crippen LogP contribution is 2.43. The quantitative estimate of drug-likeness (QED) is 0.702. The van der Waals surface area contributed by atoms with Crippen LogP contribution >= 0.6 is 11.6 Å². The van der Waals surface area contributed by atoms with E-state index in [1.165, 1.54) is 7.11 Å². The largest absolute Gasteiger partial charge is 0.497 e. The summed E-state index contributed by atoms with van der Waals surface area (Å²) in [6.07, 6.45) is 0. The lowest BCUT2D eigenvalue weighted by atomic mass is 9.78. The Balaban J connectivity index is 2.47. The Kier molecular flexibility index (Phi) is 4.52. The van der Waals surface area contributed by atoms with Gasteiger partial charge in [0, 0.05) is 23.1 Å². The normalized spacial score (nSPS) is 13.0. The van der Waals surface area contributed by atoms with Crippen molar-refractivity contribution in [1.29, 1.82) is 0 Å². The lowest BCUT2D eigenvalue weighted by Gasteiger charge is -2.31. The molecule has 0 amide bonds. The van der Waals surface area contributed by atoms with Crippen LogP contribution in [0.25, 0.3) is 0 Å². The van der Waals surface area contributed by atoms with Gasteiger partial charge in [0.2, 0.25) is 0 Å². The highest BCUT2D eigenvalue weighted by atomic mass is 35.5. The van der Waals surface area contributed by atoms with Crippen molar-refractivity contribution in [3.05, 3.63) is 65.2 Å². The topological polar surface area (TPSA) is 9.23 Å². The lowest BCUT2D eigenvalue weighted by molar-refractivity contribution is 0.401. The first-order chi connectivity index (χ1) is 9.87. The number of hydrogen-bond acceptors (Lipinski definition) is 1. The summed E-state index contributed by atoms with van der Waals surface area (Å²) < 4.78 is 33.2. The van der Waals surface area contributed by atoms with E-state index in [4.69, 9.17) is 16.3 Å². The van der Waals surface area contributed by atoms with Crippen LogP contribution in [0.3, 0.4) is 0 Å². The van der Waals surface area contributed by atoms with Crippen molar-refractivity contribution in [1.82, 2.24) is 0 Å². The van der Waals surface area contributed by atoms with Crippen LogP contribution in [0.5, 0.6) is 5.75 Å². The third kappa shape index (κ3) is 3.03. The first-order valence-corrected chi connectivity index (χ1v) is 7.04. The van der Waals surface area contributed by atoms with Gasteiger partial charge in [-0.1, -0.05) is 44.2 Å². The molecule has 0 N–H and O–H groups in total. The second-order valence-electron chi connectivity index (χ2n) is 5.45. The smallest absolute Gasteiger partial charge is 0.134 e. The minimum atomic E-state index is -0.842. The molecule has 0 aliphatic rings. The number of hydrogen-bond donors (Lipinski definition) is 0. The van der Waals surface area contributed by atoms with E-state index in [1.54, 1.807) is 0 Å². The van der Waals surface area contributed by atoms with Crippen LogP contribution in [-0.2, 0) is 5.41 Å². The van der Waals surface area contributed by atoms with Gasteiger partial charge in [-0.3, -0.25) is 0 Å². The lowest BCUT2D eigenvalue weighted by Crippen LogP contribution is -2.25. The fourth-order valence-corrected chi connectivity index (χ4v) is 2.63. The molecule has 1 atom stereocenters. The van der Waals surface area contributed by atoms with Gasteiger partial charge >= 0.3 is 0 Å². The van der Waals surface area contributed by atoms with Crippen LogP contribution in [-0.4, -0.2) is 7.11 Å². The molecule has 0 aliphatic carbocycles. The second-order valence-corrected chi connectivity index (χ2v) is 5.89. The second kappa shape index (κ2) is 6.02. The van der Waals surface area contributed by atoms with Crippen molar-refractivity contribution in [3.8, 4) is 5.75 Å². The zero-order valence-corrected chi connectivity index (χ0v) is 12.9. The molecular weight excluding hydrogens is 294 g/mol. The summed E-state index contributed by atoms with van der Waals surface area (Å²) in [6, 6.07) is 11.7. The summed E-state index contributed by atoms with van der Waals surface area (Å²) in [6.45, 7) is 3.73. The van der Waals surface area contributed by atoms with Gasteiger partial charge in [0.05, 0.1) is 12.5 Å². The van der Waals surface area contributed by atoms with Crippen LogP contribution in [0.2, 0.25) is 0 Å². The van der Waals surface area contributed by atoms with Crippen LogP contribution in [0.4, 0.5) is 8.78 Å². The molecule has 2 aromatic carbocycles. The van der Waals surface area contributed by atoms with Gasteiger partial charge < -0.3 is 4.74 Å². The maximum atomic E-state index is 14.2. The molecule has 0 radical (unpaired) electrons. The van der Waals surface area contributed by atoms with Gasteiger partial charge in [-0.25, -0.2) is 8.78 Å². The van der Waals surface area contributed by atoms with Crippen LogP contribution in [0, 0.1) is 11.6 Å². The fourth-order valence-electron chi connectivity index (χ4n) is 2.30. The Morgan fingerprint density at radius 3 is 2.05 bits per heavy atom. The summed E-state index contributed by atoms with van der Waals surface area (Å²) in [5, 5.41) is -0.842. The van der Waals surface area contributed by atoms with Gasteiger partial charge in [-0.15, -0.1) is 11.6 Å². The maximum absolute atomic E-state index is 14.2. The molecule has 0 aromatic heterocycles. The monoisotopic (exact) mass is 310 g/mol. The highest BCUT2D eigenvalue weighted by Gasteiger charge is 2.35. The van der Waals surface area contributed by atoms with Crippen molar-refractivity contribution >= 4 is 11.6 Å². The molecule has 0 spiro atoms. The number of rotatable bonds is 4. The highest BCUT2D eigenvalue weighted by molar-refractivity contribution is 6.21. The molecule has 1 nitrogen and oxygen atoms in total. The summed E-state index contributed by atoms with van der Waals surface area (Å²) in [4.78, 5) is 0. The molecule has 0 aliphatic heterocycles. The maximum Gasteiger partial charge on any atom is 0.134 e. The Bertz CT molecular complexity index is 603. The van der Waals surface area contributed by atoms with Crippen molar-refractivity contribution < 1.29 is 13.5 Å². The Morgan fingerprint density at radius 2 is 1.57 bits per heavy atom. The van der Waals surface area contributed by atoms with Crippen molar-refractivity contribution in [2.75, 3.05) is 7.11 Å². The zero-order valence-electron chi connectivity index (χ0n) is 12.2. The van der Waals surface area contributed by atoms with E-state index in [-0.39, 0.29) is 11.3 Å². The molecule has 0 fully saturated rings. The van der Waals surface area contributed by atoms with Gasteiger partial charge in [0.1, 0.15) is 17.4 Å². The molecule has 0 saturated carbocycles. The molecule has 112 valence electrons.